The fourth-order valence-electron chi connectivity index (χ4n) is 2.45. The average molecular weight is 494 g/mol. The highest BCUT2D eigenvalue weighted by Crippen LogP contribution is 2.13. The molecule has 0 radical (unpaired) electrons. The zero-order chi connectivity index (χ0) is 19.5. The molecule has 1 unspecified atom stereocenters. The van der Waals surface area contributed by atoms with E-state index in [-0.39, 0.29) is 48.3 Å². The van der Waals surface area contributed by atoms with Gasteiger partial charge in [-0.1, -0.05) is 6.07 Å². The predicted molar refractivity (Wildman–Crippen MR) is 118 cm³/mol. The molecule has 0 aliphatic rings. The Balaban J connectivity index is 0.00000676. The maximum Gasteiger partial charge on any atom is 0.242 e. The van der Waals surface area contributed by atoms with Gasteiger partial charge in [-0.15, -0.1) is 24.0 Å². The molecule has 0 aromatic heterocycles. The molecule has 0 saturated heterocycles. The Bertz CT molecular complexity index is 597. The summed E-state index contributed by atoms with van der Waals surface area (Å²) in [6.07, 6.45) is -0.225. The minimum absolute atomic E-state index is 0. The molecule has 1 amide bonds. The van der Waals surface area contributed by atoms with Crippen LogP contribution in [-0.4, -0.2) is 67.5 Å². The summed E-state index contributed by atoms with van der Waals surface area (Å²) >= 11 is 0. The van der Waals surface area contributed by atoms with Gasteiger partial charge in [-0.3, -0.25) is 4.79 Å². The second-order valence-corrected chi connectivity index (χ2v) is 6.00. The number of guanidine groups is 1. The summed E-state index contributed by atoms with van der Waals surface area (Å²) in [7, 11) is 1.83. The van der Waals surface area contributed by atoms with Crippen LogP contribution in [-0.2, 0) is 4.79 Å². The lowest BCUT2D eigenvalue weighted by molar-refractivity contribution is -0.131. The van der Waals surface area contributed by atoms with Crippen molar-refractivity contribution < 1.29 is 13.9 Å². The van der Waals surface area contributed by atoms with Crippen molar-refractivity contribution >= 4 is 35.8 Å². The third kappa shape index (κ3) is 9.25. The maximum atomic E-state index is 13.2. The summed E-state index contributed by atoms with van der Waals surface area (Å²) in [5.74, 6) is 0.846. The van der Waals surface area contributed by atoms with Gasteiger partial charge < -0.3 is 19.9 Å². The van der Waals surface area contributed by atoms with Crippen LogP contribution in [0.2, 0.25) is 0 Å². The molecule has 0 spiro atoms. The number of likely N-dealkylation sites (N-methyl/N-ethyl adjacent to an activating group) is 2. The van der Waals surface area contributed by atoms with Gasteiger partial charge in [0, 0.05) is 32.7 Å². The number of carbonyl (C=O) groups excluding carboxylic acids is 1. The van der Waals surface area contributed by atoms with Gasteiger partial charge in [-0.2, -0.15) is 0 Å². The van der Waals surface area contributed by atoms with Gasteiger partial charge in [0.1, 0.15) is 17.7 Å². The van der Waals surface area contributed by atoms with Crippen LogP contribution in [0.4, 0.5) is 4.39 Å². The van der Waals surface area contributed by atoms with Crippen LogP contribution in [0, 0.1) is 5.82 Å². The van der Waals surface area contributed by atoms with Crippen molar-refractivity contribution in [2.24, 2.45) is 4.99 Å². The molecule has 6 nitrogen and oxygen atoms in total. The summed E-state index contributed by atoms with van der Waals surface area (Å²) in [6.45, 7) is 10.5. The van der Waals surface area contributed by atoms with Crippen LogP contribution in [0.15, 0.2) is 29.3 Å². The summed E-state index contributed by atoms with van der Waals surface area (Å²) < 4.78 is 18.9. The van der Waals surface area contributed by atoms with Crippen molar-refractivity contribution in [1.82, 2.24) is 15.1 Å². The molecule has 0 aliphatic carbocycles. The molecule has 8 heteroatoms. The van der Waals surface area contributed by atoms with E-state index in [1.54, 1.807) is 21.9 Å². The van der Waals surface area contributed by atoms with Crippen molar-refractivity contribution in [2.45, 2.75) is 33.8 Å². The zero-order valence-electron chi connectivity index (χ0n) is 16.9. The Morgan fingerprint density at radius 2 is 1.96 bits per heavy atom. The number of nitrogens with one attached hydrogen (secondary N) is 1. The van der Waals surface area contributed by atoms with E-state index in [2.05, 4.69) is 10.3 Å². The van der Waals surface area contributed by atoms with E-state index in [0.717, 1.165) is 0 Å². The van der Waals surface area contributed by atoms with Crippen molar-refractivity contribution in [1.29, 1.82) is 0 Å². The first-order valence-electron chi connectivity index (χ1n) is 9.10. The van der Waals surface area contributed by atoms with E-state index in [4.69, 9.17) is 4.74 Å². The third-order valence-electron chi connectivity index (χ3n) is 3.82. The Morgan fingerprint density at radius 1 is 1.30 bits per heavy atom. The summed E-state index contributed by atoms with van der Waals surface area (Å²) in [5, 5.41) is 3.18. The number of benzene rings is 1. The van der Waals surface area contributed by atoms with Crippen molar-refractivity contribution in [3.8, 4) is 5.75 Å². The third-order valence-corrected chi connectivity index (χ3v) is 3.82. The van der Waals surface area contributed by atoms with E-state index in [1.165, 1.54) is 12.1 Å². The number of hydrogen-bond acceptors (Lipinski definition) is 3. The van der Waals surface area contributed by atoms with Crippen LogP contribution in [0.25, 0.3) is 0 Å². The fourth-order valence-corrected chi connectivity index (χ4v) is 2.45. The number of nitrogens with zero attached hydrogens (tertiary/aromatic N) is 3. The second-order valence-electron chi connectivity index (χ2n) is 6.00. The number of carbonyl (C=O) groups is 1. The monoisotopic (exact) mass is 494 g/mol. The maximum absolute atomic E-state index is 13.2. The SMILES string of the molecule is CCNC(=NCC(C)Oc1cccc(F)c1)N(C)CC(=O)N(CC)CC.I. The molecule has 27 heavy (non-hydrogen) atoms. The lowest BCUT2D eigenvalue weighted by atomic mass is 10.3. The number of aliphatic imine (C=N–C) groups is 1. The first kappa shape index (κ1) is 25.4. The molecule has 0 bridgehead atoms. The number of ether oxygens (including phenoxy) is 1. The highest BCUT2D eigenvalue weighted by atomic mass is 127. The van der Waals surface area contributed by atoms with Gasteiger partial charge in [0.25, 0.3) is 0 Å². The molecule has 1 rings (SSSR count). The van der Waals surface area contributed by atoms with Crippen LogP contribution >= 0.6 is 24.0 Å². The van der Waals surface area contributed by atoms with E-state index < -0.39 is 0 Å². The Morgan fingerprint density at radius 3 is 2.52 bits per heavy atom. The molecule has 0 heterocycles. The highest BCUT2D eigenvalue weighted by Gasteiger charge is 2.15. The summed E-state index contributed by atoms with van der Waals surface area (Å²) in [4.78, 5) is 20.4. The first-order chi connectivity index (χ1) is 12.4. The van der Waals surface area contributed by atoms with E-state index in [1.807, 2.05) is 34.7 Å². The molecular formula is C19H32FIN4O2. The molecule has 1 aromatic rings. The minimum atomic E-state index is -0.332. The number of rotatable bonds is 9. The molecule has 0 fully saturated rings. The Kier molecular flexibility index (Phi) is 12.8. The summed E-state index contributed by atoms with van der Waals surface area (Å²) in [5.41, 5.74) is 0. The fraction of sp³-hybridized carbons (Fsp3) is 0.579. The topological polar surface area (TPSA) is 57.2 Å². The average Bonchev–Trinajstić information content (AvgIpc) is 2.59. The molecule has 0 saturated carbocycles. The molecule has 1 N–H and O–H groups in total. The molecule has 1 atom stereocenters. The van der Waals surface area contributed by atoms with Gasteiger partial charge in [0.2, 0.25) is 5.91 Å². The predicted octanol–water partition coefficient (Wildman–Crippen LogP) is 2.98. The lowest BCUT2D eigenvalue weighted by Crippen LogP contribution is -2.46. The van der Waals surface area contributed by atoms with E-state index >= 15 is 0 Å². The highest BCUT2D eigenvalue weighted by molar-refractivity contribution is 14.0. The van der Waals surface area contributed by atoms with Crippen LogP contribution < -0.4 is 10.1 Å². The first-order valence-corrected chi connectivity index (χ1v) is 9.10. The normalized spacial score (nSPS) is 12.0. The molecule has 0 aliphatic heterocycles. The van der Waals surface area contributed by atoms with E-state index in [9.17, 15) is 9.18 Å². The van der Waals surface area contributed by atoms with Gasteiger partial charge in [-0.05, 0) is 39.8 Å². The van der Waals surface area contributed by atoms with Crippen LogP contribution in [0.3, 0.4) is 0 Å². The quantitative estimate of drug-likeness (QED) is 0.326. The van der Waals surface area contributed by atoms with Gasteiger partial charge in [-0.25, -0.2) is 9.38 Å². The van der Waals surface area contributed by atoms with Gasteiger partial charge in [0.15, 0.2) is 5.96 Å². The number of halogens is 2. The molecular weight excluding hydrogens is 462 g/mol. The lowest BCUT2D eigenvalue weighted by Gasteiger charge is -2.26. The largest absolute Gasteiger partial charge is 0.489 e. The van der Waals surface area contributed by atoms with Crippen LogP contribution in [0.1, 0.15) is 27.7 Å². The molecule has 1 aromatic carbocycles. The Hall–Kier alpha value is -1.58. The number of hydrogen-bond donors (Lipinski definition) is 1. The van der Waals surface area contributed by atoms with Crippen LogP contribution in [0.5, 0.6) is 5.75 Å². The standard InChI is InChI=1S/C19H31FN4O2.HI/c1-6-21-19(23(5)14-18(25)24(7-2)8-3)22-13-15(4)26-17-11-9-10-16(20)12-17;/h9-12,15H,6-8,13-14H2,1-5H3,(H,21,22);1H. The van der Waals surface area contributed by atoms with Crippen molar-refractivity contribution in [2.75, 3.05) is 39.8 Å². The second kappa shape index (κ2) is 13.6. The van der Waals surface area contributed by atoms with Crippen molar-refractivity contribution in [3.05, 3.63) is 30.1 Å². The summed E-state index contributed by atoms with van der Waals surface area (Å²) in [6, 6.07) is 6.04. The zero-order valence-corrected chi connectivity index (χ0v) is 19.2. The smallest absolute Gasteiger partial charge is 0.242 e. The molecule has 154 valence electrons. The Labute approximate surface area is 179 Å². The number of amides is 1. The van der Waals surface area contributed by atoms with Crippen molar-refractivity contribution in [3.63, 3.8) is 0 Å². The van der Waals surface area contributed by atoms with Gasteiger partial charge in [0.05, 0.1) is 13.1 Å². The van der Waals surface area contributed by atoms with E-state index in [0.29, 0.717) is 37.9 Å². The minimum Gasteiger partial charge on any atom is -0.489 e. The van der Waals surface area contributed by atoms with Gasteiger partial charge >= 0.3 is 0 Å².